The van der Waals surface area contributed by atoms with Gasteiger partial charge in [-0.15, -0.1) is 28.1 Å². The summed E-state index contributed by atoms with van der Waals surface area (Å²) in [5.74, 6) is 1.72. The second-order valence-corrected chi connectivity index (χ2v) is 8.06. The summed E-state index contributed by atoms with van der Waals surface area (Å²) in [7, 11) is 0. The Bertz CT molecular complexity index is 1040. The van der Waals surface area contributed by atoms with E-state index >= 15 is 0 Å². The van der Waals surface area contributed by atoms with E-state index in [9.17, 15) is 0 Å². The quantitative estimate of drug-likeness (QED) is 0.288. The average Bonchev–Trinajstić information content (AvgIpc) is 3.36. The third-order valence-electron chi connectivity index (χ3n) is 4.23. The van der Waals surface area contributed by atoms with Gasteiger partial charge in [-0.3, -0.25) is 0 Å². The van der Waals surface area contributed by atoms with Crippen LogP contribution in [0.4, 0.5) is 0 Å². The van der Waals surface area contributed by atoms with Crippen molar-refractivity contribution >= 4 is 23.1 Å². The van der Waals surface area contributed by atoms with Gasteiger partial charge >= 0.3 is 0 Å². The number of thiazole rings is 1. The maximum absolute atomic E-state index is 4.77. The Labute approximate surface area is 173 Å². The first-order valence-corrected chi connectivity index (χ1v) is 10.9. The molecule has 0 spiro atoms. The molecule has 4 aromatic rings. The van der Waals surface area contributed by atoms with Crippen molar-refractivity contribution in [1.82, 2.24) is 19.7 Å². The molecular weight excluding hydrogens is 384 g/mol. The van der Waals surface area contributed by atoms with Gasteiger partial charge in [-0.05, 0) is 5.56 Å². The topological polar surface area (TPSA) is 43.6 Å². The molecule has 0 aliphatic rings. The van der Waals surface area contributed by atoms with Gasteiger partial charge in [0.05, 0.1) is 5.69 Å². The number of benzene rings is 2. The van der Waals surface area contributed by atoms with E-state index in [0.717, 1.165) is 39.4 Å². The molecule has 0 N–H and O–H groups in total. The number of hydrogen-bond acceptors (Lipinski definition) is 5. The molecule has 4 rings (SSSR count). The fourth-order valence-corrected chi connectivity index (χ4v) is 4.66. The molecule has 0 aliphatic heterocycles. The molecule has 2 aromatic carbocycles. The molecule has 140 valence electrons. The van der Waals surface area contributed by atoms with E-state index in [0.29, 0.717) is 6.54 Å². The monoisotopic (exact) mass is 404 g/mol. The van der Waals surface area contributed by atoms with Crippen LogP contribution in [0.1, 0.15) is 17.1 Å². The van der Waals surface area contributed by atoms with Crippen molar-refractivity contribution in [2.45, 2.75) is 23.9 Å². The Morgan fingerprint density at radius 3 is 2.50 bits per heavy atom. The predicted octanol–water partition coefficient (Wildman–Crippen LogP) is 5.47. The molecule has 0 bridgehead atoms. The van der Waals surface area contributed by atoms with Gasteiger partial charge in [-0.2, -0.15) is 0 Å². The summed E-state index contributed by atoms with van der Waals surface area (Å²) in [5.41, 5.74) is 3.44. The molecule has 0 saturated carbocycles. The summed E-state index contributed by atoms with van der Waals surface area (Å²) in [5, 5.41) is 12.9. The minimum Gasteiger partial charge on any atom is -0.302 e. The summed E-state index contributed by atoms with van der Waals surface area (Å²) in [4.78, 5) is 4.77. The van der Waals surface area contributed by atoms with Crippen LogP contribution in [-0.4, -0.2) is 19.7 Å². The molecule has 0 aliphatic carbocycles. The summed E-state index contributed by atoms with van der Waals surface area (Å²) in [6.07, 6.45) is 2.65. The van der Waals surface area contributed by atoms with Gasteiger partial charge in [0.25, 0.3) is 0 Å². The van der Waals surface area contributed by atoms with Gasteiger partial charge < -0.3 is 4.57 Å². The number of hydrogen-bond donors (Lipinski definition) is 0. The summed E-state index contributed by atoms with van der Waals surface area (Å²) in [6, 6.07) is 20.6. The zero-order valence-electron chi connectivity index (χ0n) is 15.4. The predicted molar refractivity (Wildman–Crippen MR) is 117 cm³/mol. The Balaban J connectivity index is 1.47. The number of allylic oxidation sites excluding steroid dienone is 1. The zero-order valence-corrected chi connectivity index (χ0v) is 17.0. The first kappa shape index (κ1) is 18.7. The second-order valence-electron chi connectivity index (χ2n) is 6.26. The van der Waals surface area contributed by atoms with Gasteiger partial charge in [0.1, 0.15) is 10.8 Å². The lowest BCUT2D eigenvalue weighted by Crippen LogP contribution is -2.04. The number of aromatic nitrogens is 4. The fourth-order valence-electron chi connectivity index (χ4n) is 2.87. The Morgan fingerprint density at radius 1 is 1.00 bits per heavy atom. The maximum Gasteiger partial charge on any atom is 0.191 e. The van der Waals surface area contributed by atoms with Crippen molar-refractivity contribution in [1.29, 1.82) is 0 Å². The minimum atomic E-state index is 0.698. The van der Waals surface area contributed by atoms with Gasteiger partial charge in [0.15, 0.2) is 5.16 Å². The van der Waals surface area contributed by atoms with Crippen LogP contribution in [0.15, 0.2) is 83.9 Å². The average molecular weight is 405 g/mol. The highest BCUT2D eigenvalue weighted by Crippen LogP contribution is 2.28. The van der Waals surface area contributed by atoms with Gasteiger partial charge in [0, 0.05) is 29.7 Å². The molecule has 2 aromatic heterocycles. The van der Waals surface area contributed by atoms with Crippen molar-refractivity contribution in [3.63, 3.8) is 0 Å². The number of thioether (sulfide) groups is 1. The minimum absolute atomic E-state index is 0.698. The molecule has 0 fully saturated rings. The van der Waals surface area contributed by atoms with Crippen molar-refractivity contribution in [2.24, 2.45) is 0 Å². The molecule has 0 saturated heterocycles. The van der Waals surface area contributed by atoms with Crippen molar-refractivity contribution in [2.75, 3.05) is 0 Å². The first-order chi connectivity index (χ1) is 13.8. The molecule has 0 radical (unpaired) electrons. The van der Waals surface area contributed by atoms with E-state index in [1.54, 1.807) is 23.1 Å². The second kappa shape index (κ2) is 8.99. The fraction of sp³-hybridized carbons (Fsp3) is 0.136. The first-order valence-electron chi connectivity index (χ1n) is 9.03. The van der Waals surface area contributed by atoms with Gasteiger partial charge in [0.2, 0.25) is 0 Å². The maximum atomic E-state index is 4.77. The Kier molecular flexibility index (Phi) is 5.99. The van der Waals surface area contributed by atoms with Crippen molar-refractivity contribution in [3.05, 3.63) is 95.8 Å². The Hall–Kier alpha value is -2.70. The largest absolute Gasteiger partial charge is 0.302 e. The SMILES string of the molecule is C=CCn1c(Cc2ccccc2)nnc1SCc1csc(-c2ccccc2)n1. The van der Waals surface area contributed by atoms with E-state index in [1.807, 2.05) is 42.5 Å². The summed E-state index contributed by atoms with van der Waals surface area (Å²) < 4.78 is 2.13. The molecule has 6 heteroatoms. The molecule has 0 unspecified atom stereocenters. The van der Waals surface area contributed by atoms with Crippen LogP contribution in [0, 0.1) is 0 Å². The zero-order chi connectivity index (χ0) is 19.2. The van der Waals surface area contributed by atoms with E-state index < -0.39 is 0 Å². The van der Waals surface area contributed by atoms with Crippen LogP contribution >= 0.6 is 23.1 Å². The molecule has 2 heterocycles. The van der Waals surface area contributed by atoms with Gasteiger partial charge in [-0.25, -0.2) is 4.98 Å². The highest BCUT2D eigenvalue weighted by molar-refractivity contribution is 7.98. The van der Waals surface area contributed by atoms with Crippen LogP contribution < -0.4 is 0 Å². The van der Waals surface area contributed by atoms with E-state index in [-0.39, 0.29) is 0 Å². The van der Waals surface area contributed by atoms with Crippen molar-refractivity contribution < 1.29 is 0 Å². The number of nitrogens with zero attached hydrogens (tertiary/aromatic N) is 4. The highest BCUT2D eigenvalue weighted by Gasteiger charge is 2.13. The third-order valence-corrected chi connectivity index (χ3v) is 6.17. The van der Waals surface area contributed by atoms with Crippen LogP contribution in [0.25, 0.3) is 10.6 Å². The molecule has 4 nitrogen and oxygen atoms in total. The molecule has 0 amide bonds. The molecule has 28 heavy (non-hydrogen) atoms. The highest BCUT2D eigenvalue weighted by atomic mass is 32.2. The summed E-state index contributed by atoms with van der Waals surface area (Å²) >= 11 is 3.34. The normalized spacial score (nSPS) is 10.9. The van der Waals surface area contributed by atoms with Crippen LogP contribution in [0.2, 0.25) is 0 Å². The van der Waals surface area contributed by atoms with Crippen LogP contribution in [0.3, 0.4) is 0 Å². The lowest BCUT2D eigenvalue weighted by Gasteiger charge is -2.07. The van der Waals surface area contributed by atoms with Crippen molar-refractivity contribution in [3.8, 4) is 10.6 Å². The van der Waals surface area contributed by atoms with Crippen LogP contribution in [-0.2, 0) is 18.7 Å². The van der Waals surface area contributed by atoms with Crippen LogP contribution in [0.5, 0.6) is 0 Å². The third kappa shape index (κ3) is 4.40. The molecule has 0 atom stereocenters. The van der Waals surface area contributed by atoms with E-state index in [4.69, 9.17) is 4.98 Å². The van der Waals surface area contributed by atoms with E-state index in [2.05, 4.69) is 51.0 Å². The summed E-state index contributed by atoms with van der Waals surface area (Å²) in [6.45, 7) is 4.58. The molecular formula is C22H20N4S2. The van der Waals surface area contributed by atoms with E-state index in [1.165, 1.54) is 5.56 Å². The standard InChI is InChI=1S/C22H20N4S2/c1-2-13-26-20(14-17-9-5-3-6-10-17)24-25-22(26)28-16-19-15-27-21(23-19)18-11-7-4-8-12-18/h2-12,15H,1,13-14,16H2. The number of rotatable bonds is 8. The smallest absolute Gasteiger partial charge is 0.191 e. The lowest BCUT2D eigenvalue weighted by atomic mass is 10.1. The Morgan fingerprint density at radius 2 is 1.75 bits per heavy atom. The lowest BCUT2D eigenvalue weighted by molar-refractivity contribution is 0.690. The van der Waals surface area contributed by atoms with Gasteiger partial charge in [-0.1, -0.05) is 78.5 Å².